The Balaban J connectivity index is 3.03. The molecule has 0 aromatic heterocycles. The molecule has 1 unspecified atom stereocenters. The first kappa shape index (κ1) is 7.43. The van der Waals surface area contributed by atoms with Crippen molar-refractivity contribution in [2.24, 2.45) is 0 Å². The lowest BCUT2D eigenvalue weighted by molar-refractivity contribution is -0.0651. The minimum absolute atomic E-state index is 0.294. The van der Waals surface area contributed by atoms with Crippen molar-refractivity contribution in [3.8, 4) is 0 Å². The van der Waals surface area contributed by atoms with Crippen LogP contribution in [0.3, 0.4) is 0 Å². The molecular weight excluding hydrogens is 108 g/mol. The van der Waals surface area contributed by atoms with E-state index < -0.39 is 6.29 Å². The molecule has 8 heavy (non-hydrogen) atoms. The van der Waals surface area contributed by atoms with E-state index in [1.165, 1.54) is 6.47 Å². The van der Waals surface area contributed by atoms with Crippen molar-refractivity contribution in [1.29, 1.82) is 0 Å². The summed E-state index contributed by atoms with van der Waals surface area (Å²) in [6, 6.07) is 0. The van der Waals surface area contributed by atoms with Crippen LogP contribution in [0.15, 0.2) is 0 Å². The molecule has 2 radical (unpaired) electrons. The fraction of sp³-hybridized carbons (Fsp3) is 0.600. The molecule has 0 N–H and O–H groups in total. The van der Waals surface area contributed by atoms with Gasteiger partial charge in [-0.1, -0.05) is 0 Å². The van der Waals surface area contributed by atoms with Crippen LogP contribution in [-0.2, 0) is 14.3 Å². The highest BCUT2D eigenvalue weighted by Gasteiger charge is 1.96. The van der Waals surface area contributed by atoms with Crippen molar-refractivity contribution >= 4 is 6.47 Å². The molecule has 0 heterocycles. The van der Waals surface area contributed by atoms with Gasteiger partial charge in [0.25, 0.3) is 0 Å². The van der Waals surface area contributed by atoms with Crippen molar-refractivity contribution < 1.29 is 14.3 Å². The van der Waals surface area contributed by atoms with Gasteiger partial charge in [-0.3, -0.25) is 0 Å². The van der Waals surface area contributed by atoms with Crippen LogP contribution in [0.1, 0.15) is 6.92 Å². The van der Waals surface area contributed by atoms with Gasteiger partial charge in [0.15, 0.2) is 0 Å². The van der Waals surface area contributed by atoms with Crippen molar-refractivity contribution in [2.45, 2.75) is 13.2 Å². The average molecular weight is 116 g/mol. The summed E-state index contributed by atoms with van der Waals surface area (Å²) in [7, 11) is 0. The highest BCUT2D eigenvalue weighted by atomic mass is 16.7. The first-order chi connectivity index (χ1) is 3.81. The molecule has 3 nitrogen and oxygen atoms in total. The van der Waals surface area contributed by atoms with Gasteiger partial charge in [-0.25, -0.2) is 4.79 Å². The number of rotatable bonds is 4. The Morgan fingerprint density at radius 3 is 2.88 bits per heavy atom. The van der Waals surface area contributed by atoms with E-state index in [1.54, 1.807) is 6.92 Å². The van der Waals surface area contributed by atoms with E-state index in [1.807, 2.05) is 0 Å². The van der Waals surface area contributed by atoms with Crippen LogP contribution in [-0.4, -0.2) is 19.4 Å². The predicted molar refractivity (Wildman–Crippen MR) is 27.5 cm³/mol. The van der Waals surface area contributed by atoms with Crippen LogP contribution in [0.5, 0.6) is 0 Å². The van der Waals surface area contributed by atoms with E-state index in [9.17, 15) is 4.79 Å². The zero-order valence-corrected chi connectivity index (χ0v) is 4.72. The maximum atomic E-state index is 9.44. The molecule has 1 atom stereocenters. The quantitative estimate of drug-likeness (QED) is 0.494. The lowest BCUT2D eigenvalue weighted by atomic mass is 10.7. The third kappa shape index (κ3) is 3.61. The van der Waals surface area contributed by atoms with Gasteiger partial charge in [0.1, 0.15) is 0 Å². The molecule has 0 saturated carbocycles. The Bertz CT molecular complexity index is 62.7. The van der Waals surface area contributed by atoms with Gasteiger partial charge in [0, 0.05) is 0 Å². The zero-order chi connectivity index (χ0) is 6.41. The van der Waals surface area contributed by atoms with E-state index in [-0.39, 0.29) is 0 Å². The normalized spacial score (nSPS) is 12.8. The van der Waals surface area contributed by atoms with E-state index >= 15 is 0 Å². The summed E-state index contributed by atoms with van der Waals surface area (Å²) in [5.41, 5.74) is 0. The Morgan fingerprint density at radius 1 is 1.88 bits per heavy atom. The lowest BCUT2D eigenvalue weighted by Crippen LogP contribution is -2.10. The van der Waals surface area contributed by atoms with Crippen LogP contribution >= 0.6 is 0 Å². The monoisotopic (exact) mass is 116 g/mol. The second-order valence-electron chi connectivity index (χ2n) is 1.14. The van der Waals surface area contributed by atoms with Gasteiger partial charge in [-0.2, -0.15) is 0 Å². The van der Waals surface area contributed by atoms with E-state index in [2.05, 4.69) is 16.4 Å². The predicted octanol–water partition coefficient (Wildman–Crippen LogP) is 0.267. The molecule has 0 aromatic carbocycles. The summed E-state index contributed by atoms with van der Waals surface area (Å²) in [6.45, 7) is 6.51. The van der Waals surface area contributed by atoms with Gasteiger partial charge in [0.05, 0.1) is 6.61 Å². The topological polar surface area (TPSA) is 35.5 Å². The lowest BCUT2D eigenvalue weighted by Gasteiger charge is -2.05. The summed E-state index contributed by atoms with van der Waals surface area (Å²) in [6.07, 6.45) is -0.523. The molecule has 0 aliphatic rings. The maximum absolute atomic E-state index is 9.44. The Labute approximate surface area is 48.6 Å². The average Bonchev–Trinajstić information content (AvgIpc) is 1.68. The number of hydrogen-bond donors (Lipinski definition) is 0. The molecule has 0 aliphatic heterocycles. The Kier molecular flexibility index (Phi) is 4.26. The first-order valence-corrected chi connectivity index (χ1v) is 2.25. The summed E-state index contributed by atoms with van der Waals surface area (Å²) >= 11 is 0. The van der Waals surface area contributed by atoms with Crippen LogP contribution in [0.2, 0.25) is 0 Å². The molecule has 46 valence electrons. The van der Waals surface area contributed by atoms with Crippen LogP contribution in [0.25, 0.3) is 0 Å². The minimum atomic E-state index is -0.523. The van der Waals surface area contributed by atoms with E-state index in [0.29, 0.717) is 6.61 Å². The molecule has 0 aliphatic carbocycles. The standard InChI is InChI=1S/C5H8O3/c1-3-7-5(2)8-4-6/h5H,1,3H2,2H3. The maximum Gasteiger partial charge on any atom is 0.419 e. The molecule has 0 fully saturated rings. The summed E-state index contributed by atoms with van der Waals surface area (Å²) in [5, 5.41) is 0. The third-order valence-electron chi connectivity index (χ3n) is 0.567. The smallest absolute Gasteiger partial charge is 0.419 e. The number of ether oxygens (including phenoxy) is 2. The first-order valence-electron chi connectivity index (χ1n) is 2.25. The van der Waals surface area contributed by atoms with Crippen molar-refractivity contribution in [3.05, 3.63) is 6.92 Å². The van der Waals surface area contributed by atoms with Crippen molar-refractivity contribution in [2.75, 3.05) is 6.61 Å². The summed E-state index contributed by atoms with van der Waals surface area (Å²) in [4.78, 5) is 9.44. The van der Waals surface area contributed by atoms with Gasteiger partial charge in [-0.05, 0) is 13.8 Å². The van der Waals surface area contributed by atoms with Gasteiger partial charge in [0.2, 0.25) is 6.29 Å². The van der Waals surface area contributed by atoms with E-state index in [0.717, 1.165) is 0 Å². The highest BCUT2D eigenvalue weighted by molar-refractivity contribution is 5.38. The molecule has 0 rings (SSSR count). The zero-order valence-electron chi connectivity index (χ0n) is 4.72. The van der Waals surface area contributed by atoms with Crippen LogP contribution < -0.4 is 0 Å². The summed E-state index contributed by atoms with van der Waals surface area (Å²) in [5.74, 6) is 0. The second kappa shape index (κ2) is 4.59. The third-order valence-corrected chi connectivity index (χ3v) is 0.567. The van der Waals surface area contributed by atoms with Gasteiger partial charge in [-0.15, -0.1) is 0 Å². The SMILES string of the molecule is [CH2]COC(C)O[C]=O. The molecular formula is C5H8O3. The largest absolute Gasteiger partial charge is 0.428 e. The fourth-order valence-electron chi connectivity index (χ4n) is 0.268. The molecule has 0 spiro atoms. The van der Waals surface area contributed by atoms with Gasteiger partial charge >= 0.3 is 6.47 Å². The molecule has 0 amide bonds. The Hall–Kier alpha value is -0.570. The minimum Gasteiger partial charge on any atom is -0.428 e. The second-order valence-corrected chi connectivity index (χ2v) is 1.14. The van der Waals surface area contributed by atoms with Crippen LogP contribution in [0, 0.1) is 6.92 Å². The van der Waals surface area contributed by atoms with Crippen LogP contribution in [0.4, 0.5) is 0 Å². The molecule has 3 heteroatoms. The van der Waals surface area contributed by atoms with Gasteiger partial charge < -0.3 is 9.47 Å². The van der Waals surface area contributed by atoms with Crippen molar-refractivity contribution in [1.82, 2.24) is 0 Å². The fourth-order valence-corrected chi connectivity index (χ4v) is 0.268. The molecule has 0 aromatic rings. The summed E-state index contributed by atoms with van der Waals surface area (Å²) < 4.78 is 8.90. The Morgan fingerprint density at radius 2 is 2.50 bits per heavy atom. The number of carbonyl (C=O) groups excluding carboxylic acids is 1. The molecule has 0 bridgehead atoms. The van der Waals surface area contributed by atoms with E-state index in [4.69, 9.17) is 0 Å². The van der Waals surface area contributed by atoms with Crippen molar-refractivity contribution in [3.63, 3.8) is 0 Å². The number of hydrogen-bond acceptors (Lipinski definition) is 3. The highest BCUT2D eigenvalue weighted by Crippen LogP contribution is 1.87. The molecule has 0 saturated heterocycles.